The van der Waals surface area contributed by atoms with Crippen molar-refractivity contribution in [3.63, 3.8) is 0 Å². The van der Waals surface area contributed by atoms with Crippen molar-refractivity contribution in [1.82, 2.24) is 0 Å². The summed E-state index contributed by atoms with van der Waals surface area (Å²) in [5, 5.41) is 0. The van der Waals surface area contributed by atoms with E-state index >= 15 is 0 Å². The van der Waals surface area contributed by atoms with Crippen LogP contribution in [0.25, 0.3) is 0 Å². The Morgan fingerprint density at radius 3 is 2.35 bits per heavy atom. The molecule has 0 aliphatic rings. The Morgan fingerprint density at radius 1 is 1.10 bits per heavy atom. The van der Waals surface area contributed by atoms with Crippen LogP contribution in [0.15, 0.2) is 54.6 Å². The lowest BCUT2D eigenvalue weighted by Crippen LogP contribution is -2.34. The van der Waals surface area contributed by atoms with Crippen molar-refractivity contribution in [3.05, 3.63) is 54.6 Å². The van der Waals surface area contributed by atoms with Gasteiger partial charge in [-0.1, -0.05) is 18.2 Å². The van der Waals surface area contributed by atoms with Crippen molar-refractivity contribution in [2.45, 2.75) is 6.92 Å². The smallest absolute Gasteiger partial charge is 0.264 e. The predicted octanol–water partition coefficient (Wildman–Crippen LogP) is 2.70. The Bertz CT molecular complexity index is 552. The number of rotatable bonds is 5. The van der Waals surface area contributed by atoms with Crippen molar-refractivity contribution in [2.24, 2.45) is 0 Å². The van der Waals surface area contributed by atoms with E-state index in [0.29, 0.717) is 18.0 Å². The summed E-state index contributed by atoms with van der Waals surface area (Å²) >= 11 is 0. The molecule has 0 spiro atoms. The van der Waals surface area contributed by atoms with Gasteiger partial charge in [-0.3, -0.25) is 4.79 Å². The van der Waals surface area contributed by atoms with Gasteiger partial charge in [-0.15, -0.1) is 0 Å². The van der Waals surface area contributed by atoms with Gasteiger partial charge in [0.1, 0.15) is 5.75 Å². The molecule has 0 aliphatic carbocycles. The zero-order valence-corrected chi connectivity index (χ0v) is 11.5. The average Bonchev–Trinajstić information content (AvgIpc) is 2.48. The van der Waals surface area contributed by atoms with Crippen LogP contribution in [0.2, 0.25) is 0 Å². The number of amides is 1. The van der Waals surface area contributed by atoms with Crippen LogP contribution in [0, 0.1) is 0 Å². The van der Waals surface area contributed by atoms with Crippen LogP contribution in [-0.4, -0.2) is 19.1 Å². The molecule has 2 N–H and O–H groups in total. The first-order valence-corrected chi connectivity index (χ1v) is 6.54. The standard InChI is InChI=1S/C16H18N2O2/c1-2-18(14-6-4-3-5-7-14)16(19)12-20-15-10-8-13(17)9-11-15/h3-11H,2,12,17H2,1H3. The fraction of sp³-hybridized carbons (Fsp3) is 0.188. The second-order valence-corrected chi connectivity index (χ2v) is 4.33. The van der Waals surface area contributed by atoms with Crippen molar-refractivity contribution in [2.75, 3.05) is 23.8 Å². The molecule has 0 saturated carbocycles. The van der Waals surface area contributed by atoms with Gasteiger partial charge in [0.2, 0.25) is 0 Å². The van der Waals surface area contributed by atoms with Crippen LogP contribution in [0.1, 0.15) is 6.92 Å². The molecule has 0 heterocycles. The first-order valence-electron chi connectivity index (χ1n) is 6.54. The predicted molar refractivity (Wildman–Crippen MR) is 80.8 cm³/mol. The van der Waals surface area contributed by atoms with Crippen LogP contribution in [0.3, 0.4) is 0 Å². The van der Waals surface area contributed by atoms with E-state index in [9.17, 15) is 4.79 Å². The summed E-state index contributed by atoms with van der Waals surface area (Å²) in [7, 11) is 0. The first kappa shape index (κ1) is 13.9. The first-order chi connectivity index (χ1) is 9.70. The number of anilines is 2. The fourth-order valence-electron chi connectivity index (χ4n) is 1.90. The minimum absolute atomic E-state index is 0.00660. The van der Waals surface area contributed by atoms with Crippen LogP contribution in [0.4, 0.5) is 11.4 Å². The number of benzene rings is 2. The second kappa shape index (κ2) is 6.61. The molecule has 1 amide bonds. The number of hydrogen-bond acceptors (Lipinski definition) is 3. The van der Waals surface area contributed by atoms with Gasteiger partial charge < -0.3 is 15.4 Å². The molecule has 2 aromatic rings. The van der Waals surface area contributed by atoms with Gasteiger partial charge in [-0.05, 0) is 43.3 Å². The van der Waals surface area contributed by atoms with Gasteiger partial charge >= 0.3 is 0 Å². The summed E-state index contributed by atoms with van der Waals surface area (Å²) < 4.78 is 5.48. The van der Waals surface area contributed by atoms with Gasteiger partial charge in [0, 0.05) is 17.9 Å². The second-order valence-electron chi connectivity index (χ2n) is 4.33. The Balaban J connectivity index is 1.98. The Morgan fingerprint density at radius 2 is 1.75 bits per heavy atom. The quantitative estimate of drug-likeness (QED) is 0.850. The largest absolute Gasteiger partial charge is 0.484 e. The van der Waals surface area contributed by atoms with E-state index in [1.807, 2.05) is 37.3 Å². The van der Waals surface area contributed by atoms with Crippen molar-refractivity contribution in [3.8, 4) is 5.75 Å². The van der Waals surface area contributed by atoms with E-state index in [-0.39, 0.29) is 12.5 Å². The third kappa shape index (κ3) is 3.51. The summed E-state index contributed by atoms with van der Waals surface area (Å²) in [6, 6.07) is 16.5. The number of likely N-dealkylation sites (N-methyl/N-ethyl adjacent to an activating group) is 1. The molecular formula is C16H18N2O2. The number of carbonyl (C=O) groups excluding carboxylic acids is 1. The van der Waals surface area contributed by atoms with Crippen LogP contribution in [-0.2, 0) is 4.79 Å². The lowest BCUT2D eigenvalue weighted by atomic mass is 10.3. The van der Waals surface area contributed by atoms with E-state index < -0.39 is 0 Å². The van der Waals surface area contributed by atoms with Gasteiger partial charge in [0.15, 0.2) is 6.61 Å². The normalized spacial score (nSPS) is 10.1. The molecule has 0 aliphatic heterocycles. The summed E-state index contributed by atoms with van der Waals surface area (Å²) in [6.45, 7) is 2.55. The molecule has 104 valence electrons. The number of ether oxygens (including phenoxy) is 1. The number of nitrogens with zero attached hydrogens (tertiary/aromatic N) is 1. The Kier molecular flexibility index (Phi) is 4.60. The maximum absolute atomic E-state index is 12.2. The molecule has 2 aromatic carbocycles. The lowest BCUT2D eigenvalue weighted by molar-refractivity contribution is -0.120. The molecule has 2 rings (SSSR count). The third-order valence-electron chi connectivity index (χ3n) is 2.93. The summed E-state index contributed by atoms with van der Waals surface area (Å²) in [6.07, 6.45) is 0. The summed E-state index contributed by atoms with van der Waals surface area (Å²) in [4.78, 5) is 13.9. The molecule has 0 fully saturated rings. The molecule has 0 saturated heterocycles. The summed E-state index contributed by atoms with van der Waals surface area (Å²) in [5.74, 6) is 0.562. The molecule has 20 heavy (non-hydrogen) atoms. The van der Waals surface area contributed by atoms with Crippen LogP contribution < -0.4 is 15.4 Å². The maximum Gasteiger partial charge on any atom is 0.264 e. The highest BCUT2D eigenvalue weighted by Gasteiger charge is 2.14. The van der Waals surface area contributed by atoms with Gasteiger partial charge in [0.05, 0.1) is 0 Å². The monoisotopic (exact) mass is 270 g/mol. The van der Waals surface area contributed by atoms with Crippen molar-refractivity contribution in [1.29, 1.82) is 0 Å². The molecule has 0 bridgehead atoms. The number of carbonyl (C=O) groups is 1. The van der Waals surface area contributed by atoms with Gasteiger partial charge in [-0.2, -0.15) is 0 Å². The topological polar surface area (TPSA) is 55.6 Å². The highest BCUT2D eigenvalue weighted by atomic mass is 16.5. The molecule has 4 heteroatoms. The molecule has 4 nitrogen and oxygen atoms in total. The van der Waals surface area contributed by atoms with Crippen molar-refractivity contribution < 1.29 is 9.53 Å². The van der Waals surface area contributed by atoms with E-state index in [0.717, 1.165) is 5.69 Å². The molecule has 0 aromatic heterocycles. The number of nitrogens with two attached hydrogens (primary N) is 1. The van der Waals surface area contributed by atoms with Crippen LogP contribution >= 0.6 is 0 Å². The number of para-hydroxylation sites is 1. The van der Waals surface area contributed by atoms with E-state index in [4.69, 9.17) is 10.5 Å². The SMILES string of the molecule is CCN(C(=O)COc1ccc(N)cc1)c1ccccc1. The highest BCUT2D eigenvalue weighted by Crippen LogP contribution is 2.15. The minimum atomic E-state index is -0.0736. The van der Waals surface area contributed by atoms with Gasteiger partial charge in [-0.25, -0.2) is 0 Å². The average molecular weight is 270 g/mol. The lowest BCUT2D eigenvalue weighted by Gasteiger charge is -2.21. The Hall–Kier alpha value is -2.49. The van der Waals surface area contributed by atoms with E-state index in [1.54, 1.807) is 29.2 Å². The van der Waals surface area contributed by atoms with E-state index in [2.05, 4.69) is 0 Å². The molecular weight excluding hydrogens is 252 g/mol. The minimum Gasteiger partial charge on any atom is -0.484 e. The Labute approximate surface area is 118 Å². The van der Waals surface area contributed by atoms with Crippen molar-refractivity contribution >= 4 is 17.3 Å². The zero-order valence-electron chi connectivity index (χ0n) is 11.5. The zero-order chi connectivity index (χ0) is 14.4. The molecule has 0 radical (unpaired) electrons. The third-order valence-corrected chi connectivity index (χ3v) is 2.93. The van der Waals surface area contributed by atoms with Gasteiger partial charge in [0.25, 0.3) is 5.91 Å². The van der Waals surface area contributed by atoms with Crippen LogP contribution in [0.5, 0.6) is 5.75 Å². The maximum atomic E-state index is 12.2. The fourth-order valence-corrected chi connectivity index (χ4v) is 1.90. The number of nitrogen functional groups attached to an aromatic ring is 1. The summed E-state index contributed by atoms with van der Waals surface area (Å²) in [5.41, 5.74) is 7.14. The molecule has 0 atom stereocenters. The highest BCUT2D eigenvalue weighted by molar-refractivity contribution is 5.94. The number of hydrogen-bond donors (Lipinski definition) is 1. The van der Waals surface area contributed by atoms with E-state index in [1.165, 1.54) is 0 Å². The molecule has 0 unspecified atom stereocenters.